The Hall–Kier alpha value is -3.48. The first kappa shape index (κ1) is 20.3. The highest BCUT2D eigenvalue weighted by Gasteiger charge is 2.18. The largest absolute Gasteiger partial charge is 0.462 e. The number of nitrogens with one attached hydrogen (secondary N) is 1. The summed E-state index contributed by atoms with van der Waals surface area (Å²) in [5, 5.41) is 8.01. The Morgan fingerprint density at radius 1 is 1.10 bits per heavy atom. The van der Waals surface area contributed by atoms with Crippen LogP contribution in [0.2, 0.25) is 0 Å². The molecule has 0 spiro atoms. The second-order valence-corrected chi connectivity index (χ2v) is 7.03. The third-order valence-corrected chi connectivity index (χ3v) is 4.25. The highest BCUT2D eigenvalue weighted by atomic mass is 16.5. The molecule has 7 heteroatoms. The van der Waals surface area contributed by atoms with Crippen LogP contribution in [-0.2, 0) is 11.3 Å². The zero-order valence-corrected chi connectivity index (χ0v) is 16.6. The minimum atomic E-state index is -0.461. The van der Waals surface area contributed by atoms with Gasteiger partial charge in [0.2, 0.25) is 0 Å². The van der Waals surface area contributed by atoms with Crippen molar-refractivity contribution in [3.63, 3.8) is 0 Å². The van der Waals surface area contributed by atoms with Gasteiger partial charge >= 0.3 is 5.97 Å². The minimum Gasteiger partial charge on any atom is -0.462 e. The molecule has 3 aromatic rings. The molecule has 1 heterocycles. The molecule has 0 radical (unpaired) electrons. The predicted octanol–water partition coefficient (Wildman–Crippen LogP) is 3.48. The Morgan fingerprint density at radius 2 is 1.83 bits per heavy atom. The second-order valence-electron chi connectivity index (χ2n) is 7.03. The third-order valence-electron chi connectivity index (χ3n) is 4.25. The summed E-state index contributed by atoms with van der Waals surface area (Å²) in [4.78, 5) is 37.6. The number of ether oxygens (including phenoxy) is 1. The maximum Gasteiger partial charge on any atom is 0.338 e. The summed E-state index contributed by atoms with van der Waals surface area (Å²) in [6, 6.07) is 13.4. The fraction of sp³-hybridized carbons (Fsp3) is 0.273. The van der Waals surface area contributed by atoms with Gasteiger partial charge in [-0.25, -0.2) is 9.48 Å². The van der Waals surface area contributed by atoms with Gasteiger partial charge < -0.3 is 10.1 Å². The molecule has 150 valence electrons. The molecule has 0 aliphatic carbocycles. The Kier molecular flexibility index (Phi) is 6.07. The Bertz CT molecular complexity index is 1120. The van der Waals surface area contributed by atoms with Crippen molar-refractivity contribution in [1.82, 2.24) is 9.78 Å². The molecule has 0 bridgehead atoms. The number of carbonyl (C=O) groups is 2. The number of hydrogen-bond acceptors (Lipinski definition) is 5. The molecule has 3 rings (SSSR count). The third kappa shape index (κ3) is 4.51. The summed E-state index contributed by atoms with van der Waals surface area (Å²) in [6.45, 7) is 6.35. The van der Waals surface area contributed by atoms with E-state index in [2.05, 4.69) is 10.4 Å². The molecular weight excluding hydrogens is 370 g/mol. The van der Waals surface area contributed by atoms with E-state index in [1.165, 1.54) is 4.68 Å². The normalized spacial score (nSPS) is 10.9. The molecule has 1 aromatic heterocycles. The molecule has 0 aliphatic rings. The lowest BCUT2D eigenvalue weighted by Gasteiger charge is -2.13. The Balaban J connectivity index is 1.99. The van der Waals surface area contributed by atoms with Crippen molar-refractivity contribution in [2.75, 3.05) is 11.9 Å². The first-order chi connectivity index (χ1) is 13.9. The molecule has 0 unspecified atom stereocenters. The summed E-state index contributed by atoms with van der Waals surface area (Å²) in [5.41, 5.74) is 0.706. The summed E-state index contributed by atoms with van der Waals surface area (Å²) in [6.07, 6.45) is 0. The van der Waals surface area contributed by atoms with E-state index >= 15 is 0 Å². The van der Waals surface area contributed by atoms with Crippen molar-refractivity contribution >= 4 is 28.3 Å². The van der Waals surface area contributed by atoms with Crippen LogP contribution >= 0.6 is 0 Å². The maximum absolute atomic E-state index is 13.0. The van der Waals surface area contributed by atoms with Gasteiger partial charge in [-0.1, -0.05) is 38.1 Å². The van der Waals surface area contributed by atoms with Crippen LogP contribution in [0.4, 0.5) is 5.69 Å². The van der Waals surface area contributed by atoms with Crippen molar-refractivity contribution in [3.8, 4) is 0 Å². The van der Waals surface area contributed by atoms with E-state index in [9.17, 15) is 14.4 Å². The van der Waals surface area contributed by atoms with Crippen LogP contribution in [0.1, 0.15) is 41.6 Å². The van der Waals surface area contributed by atoms with E-state index in [-0.39, 0.29) is 23.8 Å². The van der Waals surface area contributed by atoms with Crippen LogP contribution in [0.5, 0.6) is 0 Å². The predicted molar refractivity (Wildman–Crippen MR) is 111 cm³/mol. The average molecular weight is 393 g/mol. The summed E-state index contributed by atoms with van der Waals surface area (Å²) < 4.78 is 6.32. The summed E-state index contributed by atoms with van der Waals surface area (Å²) >= 11 is 0. The van der Waals surface area contributed by atoms with E-state index in [0.29, 0.717) is 28.6 Å². The number of aromatic nitrogens is 2. The number of esters is 1. The molecular formula is C22H23N3O4. The van der Waals surface area contributed by atoms with E-state index in [1.807, 2.05) is 13.8 Å². The fourth-order valence-electron chi connectivity index (χ4n) is 3.00. The van der Waals surface area contributed by atoms with Crippen molar-refractivity contribution in [3.05, 3.63) is 70.1 Å². The molecule has 2 aromatic carbocycles. The number of carbonyl (C=O) groups excluding carboxylic acids is 2. The van der Waals surface area contributed by atoms with Crippen molar-refractivity contribution in [1.29, 1.82) is 0 Å². The highest BCUT2D eigenvalue weighted by molar-refractivity contribution is 6.11. The molecule has 0 saturated carbocycles. The van der Waals surface area contributed by atoms with Gasteiger partial charge in [0.15, 0.2) is 5.69 Å². The van der Waals surface area contributed by atoms with Gasteiger partial charge in [-0.05, 0) is 37.1 Å². The van der Waals surface area contributed by atoms with E-state index in [1.54, 1.807) is 55.5 Å². The Labute approximate surface area is 168 Å². The zero-order valence-electron chi connectivity index (χ0n) is 16.6. The molecule has 1 N–H and O–H groups in total. The smallest absolute Gasteiger partial charge is 0.338 e. The number of nitrogens with zero attached hydrogens (tertiary/aromatic N) is 2. The maximum atomic E-state index is 13.0. The van der Waals surface area contributed by atoms with E-state index in [0.717, 1.165) is 0 Å². The van der Waals surface area contributed by atoms with Crippen LogP contribution in [0.3, 0.4) is 0 Å². The lowest BCUT2D eigenvalue weighted by atomic mass is 10.1. The topological polar surface area (TPSA) is 90.3 Å². The first-order valence-electron chi connectivity index (χ1n) is 9.49. The summed E-state index contributed by atoms with van der Waals surface area (Å²) in [7, 11) is 0. The van der Waals surface area contributed by atoms with E-state index < -0.39 is 11.9 Å². The van der Waals surface area contributed by atoms with Gasteiger partial charge in [-0.3, -0.25) is 9.59 Å². The standard InChI is InChI=1S/C22H23N3O4/c1-4-29-22(28)15-8-7-9-16(12-15)23-20(26)19-17-10-5-6-11-18(17)21(27)25(24-19)13-14(2)3/h5-12,14H,4,13H2,1-3H3,(H,23,26). The van der Waals surface area contributed by atoms with Crippen molar-refractivity contribution < 1.29 is 14.3 Å². The Morgan fingerprint density at radius 3 is 2.52 bits per heavy atom. The monoisotopic (exact) mass is 393 g/mol. The molecule has 7 nitrogen and oxygen atoms in total. The molecule has 29 heavy (non-hydrogen) atoms. The van der Waals surface area contributed by atoms with Crippen LogP contribution in [0.15, 0.2) is 53.3 Å². The lowest BCUT2D eigenvalue weighted by Crippen LogP contribution is -2.29. The van der Waals surface area contributed by atoms with Gasteiger partial charge in [0, 0.05) is 17.6 Å². The van der Waals surface area contributed by atoms with Gasteiger partial charge in [0.1, 0.15) is 0 Å². The minimum absolute atomic E-state index is 0.155. The van der Waals surface area contributed by atoms with Gasteiger partial charge in [0.05, 0.1) is 17.6 Å². The quantitative estimate of drug-likeness (QED) is 0.648. The number of anilines is 1. The zero-order chi connectivity index (χ0) is 21.0. The number of rotatable bonds is 6. The van der Waals surface area contributed by atoms with Crippen LogP contribution < -0.4 is 10.9 Å². The molecule has 0 saturated heterocycles. The number of hydrogen-bond donors (Lipinski definition) is 1. The van der Waals surface area contributed by atoms with Crippen LogP contribution in [-0.4, -0.2) is 28.3 Å². The van der Waals surface area contributed by atoms with Crippen LogP contribution in [0, 0.1) is 5.92 Å². The number of amides is 1. The SMILES string of the molecule is CCOC(=O)c1cccc(NC(=O)c2nn(CC(C)C)c(=O)c3ccccc23)c1. The van der Waals surface area contributed by atoms with Gasteiger partial charge in [-0.15, -0.1) is 0 Å². The fourth-order valence-corrected chi connectivity index (χ4v) is 3.00. The lowest BCUT2D eigenvalue weighted by molar-refractivity contribution is 0.0526. The number of benzene rings is 2. The van der Waals surface area contributed by atoms with Crippen molar-refractivity contribution in [2.24, 2.45) is 5.92 Å². The van der Waals surface area contributed by atoms with Crippen molar-refractivity contribution in [2.45, 2.75) is 27.3 Å². The molecule has 0 fully saturated rings. The molecule has 0 aliphatic heterocycles. The van der Waals surface area contributed by atoms with Gasteiger partial charge in [0.25, 0.3) is 11.5 Å². The summed E-state index contributed by atoms with van der Waals surface area (Å²) in [5.74, 6) is -0.726. The number of fused-ring (bicyclic) bond motifs is 1. The molecule has 0 atom stereocenters. The average Bonchev–Trinajstić information content (AvgIpc) is 2.70. The second kappa shape index (κ2) is 8.68. The van der Waals surface area contributed by atoms with E-state index in [4.69, 9.17) is 4.74 Å². The highest BCUT2D eigenvalue weighted by Crippen LogP contribution is 2.17. The molecule has 1 amide bonds. The van der Waals surface area contributed by atoms with Crippen LogP contribution in [0.25, 0.3) is 10.8 Å². The first-order valence-corrected chi connectivity index (χ1v) is 9.49. The van der Waals surface area contributed by atoms with Gasteiger partial charge in [-0.2, -0.15) is 5.10 Å².